The average Bonchev–Trinajstić information content (AvgIpc) is 3.12. The van der Waals surface area contributed by atoms with Gasteiger partial charge in [0.2, 0.25) is 0 Å². The molecule has 1 aromatic heterocycles. The molecular formula is C19H19N3O4S. The number of aromatic nitrogens is 1. The Morgan fingerprint density at radius 1 is 1.19 bits per heavy atom. The number of amides is 1. The Kier molecular flexibility index (Phi) is 5.08. The lowest BCUT2D eigenvalue weighted by Crippen LogP contribution is -2.36. The molecule has 0 saturated carbocycles. The van der Waals surface area contributed by atoms with Gasteiger partial charge in [-0.05, 0) is 24.3 Å². The first-order chi connectivity index (χ1) is 13.2. The van der Waals surface area contributed by atoms with E-state index in [2.05, 4.69) is 15.2 Å². The Hall–Kier alpha value is -2.84. The number of thiazole rings is 1. The third kappa shape index (κ3) is 3.81. The number of para-hydroxylation sites is 1. The van der Waals surface area contributed by atoms with Crippen molar-refractivity contribution < 1.29 is 19.0 Å². The molecule has 1 fully saturated rings. The summed E-state index contributed by atoms with van der Waals surface area (Å²) in [6.07, 6.45) is -0.577. The second-order valence-corrected chi connectivity index (χ2v) is 6.91. The average molecular weight is 385 g/mol. The van der Waals surface area contributed by atoms with Crippen molar-refractivity contribution >= 4 is 38.5 Å². The number of hydrogen-bond donors (Lipinski definition) is 1. The van der Waals surface area contributed by atoms with Gasteiger partial charge in [-0.25, -0.2) is 9.78 Å². The molecule has 0 aliphatic carbocycles. The Balaban J connectivity index is 1.61. The summed E-state index contributed by atoms with van der Waals surface area (Å²) in [6, 6.07) is 12.8. The van der Waals surface area contributed by atoms with Crippen LogP contribution in [0.25, 0.3) is 10.2 Å². The lowest BCUT2D eigenvalue weighted by atomic mass is 10.2. The van der Waals surface area contributed by atoms with Crippen molar-refractivity contribution in [2.45, 2.75) is 0 Å². The molecule has 3 aromatic rings. The van der Waals surface area contributed by atoms with E-state index in [1.54, 1.807) is 31.4 Å². The minimum Gasteiger partial charge on any atom is -0.494 e. The fraction of sp³-hybridized carbons (Fsp3) is 0.263. The minimum atomic E-state index is -0.577. The minimum absolute atomic E-state index is 0.463. The van der Waals surface area contributed by atoms with Gasteiger partial charge in [0, 0.05) is 13.1 Å². The van der Waals surface area contributed by atoms with Gasteiger partial charge in [-0.2, -0.15) is 0 Å². The summed E-state index contributed by atoms with van der Waals surface area (Å²) in [5.74, 6) is 1.14. The summed E-state index contributed by atoms with van der Waals surface area (Å²) in [5, 5.41) is 3.17. The van der Waals surface area contributed by atoms with Crippen LogP contribution in [0.3, 0.4) is 0 Å². The number of anilines is 2. The molecule has 1 N–H and O–H groups in total. The monoisotopic (exact) mass is 385 g/mol. The number of methoxy groups -OCH3 is 1. The Bertz CT molecular complexity index is 939. The third-order valence-corrected chi connectivity index (χ3v) is 5.21. The number of fused-ring (bicyclic) bond motifs is 1. The van der Waals surface area contributed by atoms with Gasteiger partial charge >= 0.3 is 6.09 Å². The van der Waals surface area contributed by atoms with Crippen LogP contribution in [-0.2, 0) is 4.74 Å². The first kappa shape index (κ1) is 17.6. The number of morpholine rings is 1. The number of nitrogens with one attached hydrogen (secondary N) is 1. The molecule has 1 aliphatic rings. The molecular weight excluding hydrogens is 366 g/mol. The van der Waals surface area contributed by atoms with Crippen LogP contribution in [0.15, 0.2) is 42.5 Å². The molecule has 1 amide bonds. The number of ether oxygens (including phenoxy) is 3. The smallest absolute Gasteiger partial charge is 0.418 e. The molecule has 4 rings (SSSR count). The Morgan fingerprint density at radius 2 is 1.96 bits per heavy atom. The highest BCUT2D eigenvalue weighted by Crippen LogP contribution is 2.39. The first-order valence-corrected chi connectivity index (χ1v) is 9.40. The Morgan fingerprint density at radius 3 is 2.70 bits per heavy atom. The molecule has 0 spiro atoms. The van der Waals surface area contributed by atoms with Gasteiger partial charge in [0.25, 0.3) is 0 Å². The molecule has 0 atom stereocenters. The van der Waals surface area contributed by atoms with Crippen LogP contribution in [0.1, 0.15) is 0 Å². The SMILES string of the molecule is COc1ccc(N2CCOCC2)c2sc(NC(=O)Oc3ccccc3)nc12. The summed E-state index contributed by atoms with van der Waals surface area (Å²) in [6.45, 7) is 3.03. The number of rotatable bonds is 4. The zero-order chi connectivity index (χ0) is 18.6. The molecule has 27 heavy (non-hydrogen) atoms. The van der Waals surface area contributed by atoms with Crippen LogP contribution < -0.4 is 19.7 Å². The maximum atomic E-state index is 12.2. The quantitative estimate of drug-likeness (QED) is 0.737. The fourth-order valence-electron chi connectivity index (χ4n) is 2.95. The van der Waals surface area contributed by atoms with Crippen molar-refractivity contribution in [3.63, 3.8) is 0 Å². The number of carbonyl (C=O) groups excluding carboxylic acids is 1. The molecule has 0 bridgehead atoms. The summed E-state index contributed by atoms with van der Waals surface area (Å²) in [5.41, 5.74) is 1.79. The number of benzene rings is 2. The summed E-state index contributed by atoms with van der Waals surface area (Å²) >= 11 is 1.40. The van der Waals surface area contributed by atoms with Gasteiger partial charge in [0.05, 0.1) is 30.7 Å². The summed E-state index contributed by atoms with van der Waals surface area (Å²) < 4.78 is 17.1. The normalized spacial score (nSPS) is 14.2. The molecule has 2 heterocycles. The lowest BCUT2D eigenvalue weighted by Gasteiger charge is -2.29. The molecule has 8 heteroatoms. The topological polar surface area (TPSA) is 72.9 Å². The molecule has 7 nitrogen and oxygen atoms in total. The van der Waals surface area contributed by atoms with Gasteiger partial charge in [-0.3, -0.25) is 5.32 Å². The fourth-order valence-corrected chi connectivity index (χ4v) is 3.96. The van der Waals surface area contributed by atoms with E-state index in [9.17, 15) is 4.79 Å². The van der Waals surface area contributed by atoms with Crippen molar-refractivity contribution in [1.29, 1.82) is 0 Å². The van der Waals surface area contributed by atoms with Crippen molar-refractivity contribution in [3.05, 3.63) is 42.5 Å². The van der Waals surface area contributed by atoms with E-state index in [1.165, 1.54) is 11.3 Å². The number of nitrogens with zero attached hydrogens (tertiary/aromatic N) is 2. The predicted octanol–water partition coefficient (Wildman–Crippen LogP) is 3.75. The standard InChI is InChI=1S/C19H19N3O4S/c1-24-15-8-7-14(22-9-11-25-12-10-22)17-16(15)20-18(27-17)21-19(23)26-13-5-3-2-4-6-13/h2-8H,9-12H2,1H3,(H,20,21,23). The maximum Gasteiger partial charge on any atom is 0.418 e. The summed E-state index contributed by atoms with van der Waals surface area (Å²) in [4.78, 5) is 19.0. The highest BCUT2D eigenvalue weighted by Gasteiger charge is 2.20. The van der Waals surface area contributed by atoms with E-state index in [0.29, 0.717) is 29.8 Å². The summed E-state index contributed by atoms with van der Waals surface area (Å²) in [7, 11) is 1.61. The van der Waals surface area contributed by atoms with Gasteiger partial charge in [-0.1, -0.05) is 29.5 Å². The Labute approximate surface area is 160 Å². The maximum absolute atomic E-state index is 12.2. The second-order valence-electron chi connectivity index (χ2n) is 5.91. The number of hydrogen-bond acceptors (Lipinski definition) is 7. The van der Waals surface area contributed by atoms with Crippen molar-refractivity contribution in [2.75, 3.05) is 43.6 Å². The van der Waals surface area contributed by atoms with Crippen molar-refractivity contribution in [1.82, 2.24) is 4.98 Å². The molecule has 1 aliphatic heterocycles. The lowest BCUT2D eigenvalue weighted by molar-refractivity contribution is 0.123. The largest absolute Gasteiger partial charge is 0.494 e. The molecule has 2 aromatic carbocycles. The van der Waals surface area contributed by atoms with Gasteiger partial charge in [-0.15, -0.1) is 0 Å². The van der Waals surface area contributed by atoms with Gasteiger partial charge < -0.3 is 19.1 Å². The second kappa shape index (κ2) is 7.81. The molecule has 0 radical (unpaired) electrons. The molecule has 140 valence electrons. The van der Waals surface area contributed by atoms with Crippen LogP contribution in [0.2, 0.25) is 0 Å². The highest BCUT2D eigenvalue weighted by molar-refractivity contribution is 7.23. The van der Waals surface area contributed by atoms with E-state index in [4.69, 9.17) is 14.2 Å². The highest BCUT2D eigenvalue weighted by atomic mass is 32.1. The van der Waals surface area contributed by atoms with Gasteiger partial charge in [0.15, 0.2) is 5.13 Å². The van der Waals surface area contributed by atoms with Crippen LogP contribution >= 0.6 is 11.3 Å². The van der Waals surface area contributed by atoms with E-state index in [1.807, 2.05) is 18.2 Å². The third-order valence-electron chi connectivity index (χ3n) is 4.22. The van der Waals surface area contributed by atoms with E-state index >= 15 is 0 Å². The molecule has 0 unspecified atom stereocenters. The first-order valence-electron chi connectivity index (χ1n) is 8.58. The van der Waals surface area contributed by atoms with Crippen LogP contribution in [0, 0.1) is 0 Å². The predicted molar refractivity (Wildman–Crippen MR) is 105 cm³/mol. The zero-order valence-electron chi connectivity index (χ0n) is 14.8. The van der Waals surface area contributed by atoms with Crippen LogP contribution in [-0.4, -0.2) is 44.5 Å². The van der Waals surface area contributed by atoms with Crippen LogP contribution in [0.4, 0.5) is 15.6 Å². The van der Waals surface area contributed by atoms with Crippen LogP contribution in [0.5, 0.6) is 11.5 Å². The van der Waals surface area contributed by atoms with Gasteiger partial charge in [0.1, 0.15) is 17.0 Å². The van der Waals surface area contributed by atoms with E-state index < -0.39 is 6.09 Å². The zero-order valence-corrected chi connectivity index (χ0v) is 15.6. The van der Waals surface area contributed by atoms with E-state index in [-0.39, 0.29) is 0 Å². The van der Waals surface area contributed by atoms with Crippen molar-refractivity contribution in [3.8, 4) is 11.5 Å². The van der Waals surface area contributed by atoms with E-state index in [0.717, 1.165) is 29.0 Å². The van der Waals surface area contributed by atoms with Crippen molar-refractivity contribution in [2.24, 2.45) is 0 Å². The molecule has 1 saturated heterocycles. The number of carbonyl (C=O) groups is 1.